The van der Waals surface area contributed by atoms with Crippen LogP contribution in [0.15, 0.2) is 18.2 Å². The number of hydrogen-bond donors (Lipinski definition) is 2. The Hall–Kier alpha value is -1.96. The van der Waals surface area contributed by atoms with Gasteiger partial charge in [-0.15, -0.1) is 0 Å². The van der Waals surface area contributed by atoms with Crippen molar-refractivity contribution in [2.75, 3.05) is 26.9 Å². The molecule has 1 aromatic carbocycles. The molecule has 1 unspecified atom stereocenters. The molecule has 0 saturated heterocycles. The summed E-state index contributed by atoms with van der Waals surface area (Å²) >= 11 is 0. The highest BCUT2D eigenvalue weighted by atomic mass is 19.4. The molecule has 0 fully saturated rings. The molecule has 0 saturated carbocycles. The van der Waals surface area contributed by atoms with Gasteiger partial charge in [0.2, 0.25) is 6.79 Å². The number of alkyl halides is 3. The molecule has 1 aliphatic rings. The molecule has 0 aliphatic carbocycles. The lowest BCUT2D eigenvalue weighted by molar-refractivity contribution is -0.885. The van der Waals surface area contributed by atoms with Crippen molar-refractivity contribution in [3.05, 3.63) is 23.8 Å². The Morgan fingerprint density at radius 2 is 2.05 bits per heavy atom. The predicted octanol–water partition coefficient (Wildman–Crippen LogP) is 0.108. The van der Waals surface area contributed by atoms with Gasteiger partial charge >= 0.3 is 6.18 Å². The van der Waals surface area contributed by atoms with Crippen LogP contribution in [-0.4, -0.2) is 39.0 Å². The van der Waals surface area contributed by atoms with Gasteiger partial charge < -0.3 is 19.7 Å². The van der Waals surface area contributed by atoms with E-state index in [1.54, 1.807) is 19.2 Å². The lowest BCUT2D eigenvalue weighted by Gasteiger charge is -2.14. The van der Waals surface area contributed by atoms with Gasteiger partial charge in [-0.1, -0.05) is 0 Å². The van der Waals surface area contributed by atoms with Gasteiger partial charge in [0.1, 0.15) is 13.1 Å². The summed E-state index contributed by atoms with van der Waals surface area (Å²) in [6.07, 6.45) is -4.39. The summed E-state index contributed by atoms with van der Waals surface area (Å²) in [5.41, 5.74) is 0.917. The van der Waals surface area contributed by atoms with Crippen LogP contribution < -0.4 is 19.7 Å². The molecule has 1 aromatic rings. The average Bonchev–Trinajstić information content (AvgIpc) is 2.82. The van der Waals surface area contributed by atoms with E-state index in [4.69, 9.17) is 9.47 Å². The van der Waals surface area contributed by atoms with E-state index in [2.05, 4.69) is 0 Å². The Labute approximate surface area is 119 Å². The Kier molecular flexibility index (Phi) is 4.56. The first-order chi connectivity index (χ1) is 9.83. The maximum Gasteiger partial charge on any atom is 0.405 e. The summed E-state index contributed by atoms with van der Waals surface area (Å²) in [5.74, 6) is 0.673. The van der Waals surface area contributed by atoms with Gasteiger partial charge in [-0.25, -0.2) is 0 Å². The number of rotatable bonds is 5. The van der Waals surface area contributed by atoms with Crippen molar-refractivity contribution < 1.29 is 32.3 Å². The van der Waals surface area contributed by atoms with Gasteiger partial charge in [-0.05, 0) is 18.2 Å². The molecule has 5 nitrogen and oxygen atoms in total. The molecule has 0 spiro atoms. The minimum atomic E-state index is -4.39. The van der Waals surface area contributed by atoms with Gasteiger partial charge in [-0.3, -0.25) is 4.79 Å². The van der Waals surface area contributed by atoms with E-state index in [0.717, 1.165) is 10.5 Å². The fourth-order valence-electron chi connectivity index (χ4n) is 2.00. The molecule has 0 bridgehead atoms. The normalized spacial score (nSPS) is 14.9. The van der Waals surface area contributed by atoms with E-state index in [9.17, 15) is 18.0 Å². The first kappa shape index (κ1) is 15.4. The van der Waals surface area contributed by atoms with Crippen LogP contribution in [0.2, 0.25) is 0 Å². The summed E-state index contributed by atoms with van der Waals surface area (Å²) < 4.78 is 46.4. The maximum absolute atomic E-state index is 12.0. The van der Waals surface area contributed by atoms with Crippen LogP contribution in [-0.2, 0) is 11.3 Å². The molecular weight excluding hydrogens is 289 g/mol. The molecule has 1 amide bonds. The monoisotopic (exact) mass is 305 g/mol. The minimum absolute atomic E-state index is 0.0372. The second-order valence-electron chi connectivity index (χ2n) is 4.89. The fourth-order valence-corrected chi connectivity index (χ4v) is 2.00. The maximum atomic E-state index is 12.0. The first-order valence-corrected chi connectivity index (χ1v) is 6.37. The zero-order valence-electron chi connectivity index (χ0n) is 11.4. The van der Waals surface area contributed by atoms with Crippen molar-refractivity contribution in [1.29, 1.82) is 0 Å². The smallest absolute Gasteiger partial charge is 0.405 e. The van der Waals surface area contributed by atoms with Gasteiger partial charge in [0.25, 0.3) is 5.91 Å². The van der Waals surface area contributed by atoms with Crippen LogP contribution in [0.5, 0.6) is 11.5 Å². The van der Waals surface area contributed by atoms with Gasteiger partial charge in [-0.2, -0.15) is 13.2 Å². The second-order valence-corrected chi connectivity index (χ2v) is 4.89. The van der Waals surface area contributed by atoms with Crippen LogP contribution in [0.1, 0.15) is 5.56 Å². The average molecular weight is 305 g/mol. The van der Waals surface area contributed by atoms with Crippen molar-refractivity contribution in [3.63, 3.8) is 0 Å². The van der Waals surface area contributed by atoms with Crippen molar-refractivity contribution in [2.45, 2.75) is 12.7 Å². The number of halogens is 3. The fraction of sp³-hybridized carbons (Fsp3) is 0.462. The summed E-state index contributed by atoms with van der Waals surface area (Å²) in [7, 11) is 1.73. The number of benzene rings is 1. The topological polar surface area (TPSA) is 52.0 Å². The van der Waals surface area contributed by atoms with Crippen molar-refractivity contribution in [3.8, 4) is 11.5 Å². The molecule has 2 N–H and O–H groups in total. The standard InChI is InChI=1S/C13H15F3N2O3/c1-18(6-12(19)17-7-13(14,15)16)5-9-2-3-10-11(4-9)21-8-20-10/h2-4H,5-8H2,1H3,(H,17,19)/p+1. The Morgan fingerprint density at radius 3 is 2.76 bits per heavy atom. The van der Waals surface area contributed by atoms with E-state index < -0.39 is 18.6 Å². The van der Waals surface area contributed by atoms with Gasteiger partial charge in [0.15, 0.2) is 18.0 Å². The summed E-state index contributed by atoms with van der Waals surface area (Å²) in [6, 6.07) is 5.42. The third kappa shape index (κ3) is 4.82. The predicted molar refractivity (Wildman–Crippen MR) is 67.1 cm³/mol. The highest BCUT2D eigenvalue weighted by Gasteiger charge is 2.28. The number of carbonyl (C=O) groups is 1. The van der Waals surface area contributed by atoms with Crippen LogP contribution in [0.25, 0.3) is 0 Å². The zero-order chi connectivity index (χ0) is 15.5. The number of quaternary nitrogens is 1. The Balaban J connectivity index is 1.81. The number of ether oxygens (including phenoxy) is 2. The number of fused-ring (bicyclic) bond motifs is 1. The number of hydrogen-bond acceptors (Lipinski definition) is 3. The molecule has 8 heteroatoms. The van der Waals surface area contributed by atoms with Gasteiger partial charge in [0, 0.05) is 5.56 Å². The Morgan fingerprint density at radius 1 is 1.33 bits per heavy atom. The largest absolute Gasteiger partial charge is 0.454 e. The number of amides is 1. The van der Waals surface area contributed by atoms with Crippen LogP contribution in [0, 0.1) is 0 Å². The molecule has 21 heavy (non-hydrogen) atoms. The number of nitrogens with one attached hydrogen (secondary N) is 2. The zero-order valence-corrected chi connectivity index (χ0v) is 11.4. The molecule has 0 aromatic heterocycles. The van der Waals surface area contributed by atoms with Crippen molar-refractivity contribution in [1.82, 2.24) is 5.32 Å². The molecule has 1 aliphatic heterocycles. The summed E-state index contributed by atoms with van der Waals surface area (Å²) in [6.45, 7) is -0.662. The van der Waals surface area contributed by atoms with Crippen molar-refractivity contribution in [2.24, 2.45) is 0 Å². The first-order valence-electron chi connectivity index (χ1n) is 6.37. The molecule has 0 radical (unpaired) electrons. The van der Waals surface area contributed by atoms with Crippen LogP contribution in [0.3, 0.4) is 0 Å². The lowest BCUT2D eigenvalue weighted by atomic mass is 10.2. The summed E-state index contributed by atoms with van der Waals surface area (Å²) in [4.78, 5) is 12.2. The molecule has 2 rings (SSSR count). The lowest BCUT2D eigenvalue weighted by Crippen LogP contribution is -3.08. The SMILES string of the molecule is C[NH+](CC(=O)NCC(F)(F)F)Cc1ccc2c(c1)OCO2. The molecule has 116 valence electrons. The third-order valence-electron chi connectivity index (χ3n) is 2.89. The van der Waals surface area contributed by atoms with E-state index in [0.29, 0.717) is 18.0 Å². The number of carbonyl (C=O) groups excluding carboxylic acids is 1. The molecular formula is C13H16F3N2O3+. The van der Waals surface area contributed by atoms with Crippen LogP contribution >= 0.6 is 0 Å². The van der Waals surface area contributed by atoms with Crippen LogP contribution in [0.4, 0.5) is 13.2 Å². The quantitative estimate of drug-likeness (QED) is 0.812. The highest BCUT2D eigenvalue weighted by molar-refractivity contribution is 5.76. The highest BCUT2D eigenvalue weighted by Crippen LogP contribution is 2.32. The van der Waals surface area contributed by atoms with E-state index in [1.807, 2.05) is 11.4 Å². The number of likely N-dealkylation sites (N-methyl/N-ethyl adjacent to an activating group) is 1. The third-order valence-corrected chi connectivity index (χ3v) is 2.89. The second kappa shape index (κ2) is 6.21. The van der Waals surface area contributed by atoms with Crippen molar-refractivity contribution >= 4 is 5.91 Å². The molecule has 1 atom stereocenters. The van der Waals surface area contributed by atoms with Gasteiger partial charge in [0.05, 0.1) is 7.05 Å². The molecule has 1 heterocycles. The van der Waals surface area contributed by atoms with E-state index >= 15 is 0 Å². The minimum Gasteiger partial charge on any atom is -0.454 e. The van der Waals surface area contributed by atoms with E-state index in [1.165, 1.54) is 0 Å². The van der Waals surface area contributed by atoms with E-state index in [-0.39, 0.29) is 13.3 Å². The Bertz CT molecular complexity index is 520. The summed E-state index contributed by atoms with van der Waals surface area (Å²) in [5, 5.41) is 1.85.